The van der Waals surface area contributed by atoms with Gasteiger partial charge in [-0.25, -0.2) is 4.68 Å². The second-order valence-electron chi connectivity index (χ2n) is 3.72. The van der Waals surface area contributed by atoms with Gasteiger partial charge in [0.2, 0.25) is 0 Å². The van der Waals surface area contributed by atoms with Crippen LogP contribution in [0.5, 0.6) is 0 Å². The van der Waals surface area contributed by atoms with E-state index in [1.54, 1.807) is 0 Å². The van der Waals surface area contributed by atoms with Crippen molar-refractivity contribution in [3.05, 3.63) is 30.0 Å². The van der Waals surface area contributed by atoms with Crippen molar-refractivity contribution in [1.82, 2.24) is 15.0 Å². The molecule has 4 nitrogen and oxygen atoms in total. The van der Waals surface area contributed by atoms with Crippen LogP contribution in [-0.2, 0) is 6.54 Å². The number of hydrogen-bond donors (Lipinski definition) is 1. The maximum atomic E-state index is 4.14. The largest absolute Gasteiger partial charge is 0.383 e. The number of fused-ring (bicyclic) bond motifs is 3. The molecule has 0 aliphatic carbocycles. The minimum atomic E-state index is 0.866. The smallest absolute Gasteiger partial charge is 0.0936 e. The van der Waals surface area contributed by atoms with Gasteiger partial charge in [0.1, 0.15) is 0 Å². The molecule has 15 heavy (non-hydrogen) atoms. The second-order valence-corrected chi connectivity index (χ2v) is 3.72. The number of benzene rings is 1. The van der Waals surface area contributed by atoms with Crippen molar-refractivity contribution >= 4 is 5.69 Å². The summed E-state index contributed by atoms with van der Waals surface area (Å²) in [5.41, 5.74) is 4.49. The molecule has 4 heteroatoms. The van der Waals surface area contributed by atoms with Gasteiger partial charge in [-0.3, -0.25) is 0 Å². The van der Waals surface area contributed by atoms with E-state index < -0.39 is 0 Å². The predicted molar refractivity (Wildman–Crippen MR) is 58.7 cm³/mol. The van der Waals surface area contributed by atoms with E-state index in [1.807, 2.05) is 23.7 Å². The summed E-state index contributed by atoms with van der Waals surface area (Å²) in [5, 5.41) is 11.7. The number of rotatable bonds is 0. The van der Waals surface area contributed by atoms with E-state index in [2.05, 4.69) is 27.8 Å². The zero-order chi connectivity index (χ0) is 10.3. The van der Waals surface area contributed by atoms with Gasteiger partial charge in [0, 0.05) is 17.8 Å². The summed E-state index contributed by atoms with van der Waals surface area (Å²) in [6.07, 6.45) is 0. The quantitative estimate of drug-likeness (QED) is 0.703. The van der Waals surface area contributed by atoms with Gasteiger partial charge in [0.25, 0.3) is 0 Å². The molecule has 0 bridgehead atoms. The first kappa shape index (κ1) is 8.47. The van der Waals surface area contributed by atoms with Crippen molar-refractivity contribution in [1.29, 1.82) is 0 Å². The van der Waals surface area contributed by atoms with E-state index in [1.165, 1.54) is 11.3 Å². The summed E-state index contributed by atoms with van der Waals surface area (Å²) in [7, 11) is 0. The van der Waals surface area contributed by atoms with Gasteiger partial charge in [-0.05, 0) is 13.0 Å². The maximum absolute atomic E-state index is 4.14. The average Bonchev–Trinajstić information content (AvgIpc) is 2.52. The van der Waals surface area contributed by atoms with E-state index in [4.69, 9.17) is 0 Å². The van der Waals surface area contributed by atoms with Gasteiger partial charge in [-0.15, -0.1) is 5.10 Å². The minimum Gasteiger partial charge on any atom is -0.383 e. The van der Waals surface area contributed by atoms with E-state index in [-0.39, 0.29) is 0 Å². The second kappa shape index (κ2) is 3.08. The highest BCUT2D eigenvalue weighted by atomic mass is 15.4. The Morgan fingerprint density at radius 1 is 1.33 bits per heavy atom. The van der Waals surface area contributed by atoms with Crippen LogP contribution >= 0.6 is 0 Å². The minimum absolute atomic E-state index is 0.866. The molecule has 1 aliphatic heterocycles. The molecule has 0 amide bonds. The molecule has 3 rings (SSSR count). The third-order valence-electron chi connectivity index (χ3n) is 2.72. The molecule has 0 fully saturated rings. The summed E-state index contributed by atoms with van der Waals surface area (Å²) in [6.45, 7) is 3.76. The van der Waals surface area contributed by atoms with E-state index in [9.17, 15) is 0 Å². The molecular weight excluding hydrogens is 188 g/mol. The normalized spacial score (nSPS) is 13.7. The summed E-state index contributed by atoms with van der Waals surface area (Å²) in [4.78, 5) is 0. The molecule has 0 spiro atoms. The number of hydrogen-bond acceptors (Lipinski definition) is 3. The van der Waals surface area contributed by atoms with Crippen LogP contribution < -0.4 is 5.32 Å². The van der Waals surface area contributed by atoms with Gasteiger partial charge >= 0.3 is 0 Å². The van der Waals surface area contributed by atoms with Crippen molar-refractivity contribution in [2.75, 3.05) is 11.9 Å². The molecule has 0 atom stereocenters. The predicted octanol–water partition coefficient (Wildman–Crippen LogP) is 1.68. The fraction of sp³-hybridized carbons (Fsp3) is 0.273. The van der Waals surface area contributed by atoms with Crippen LogP contribution in [0.25, 0.3) is 11.3 Å². The summed E-state index contributed by atoms with van der Waals surface area (Å²) in [6, 6.07) is 8.29. The topological polar surface area (TPSA) is 42.7 Å². The Hall–Kier alpha value is -1.84. The number of nitrogens with zero attached hydrogens (tertiary/aromatic N) is 3. The lowest BCUT2D eigenvalue weighted by atomic mass is 10.1. The van der Waals surface area contributed by atoms with Crippen LogP contribution in [0.1, 0.15) is 5.69 Å². The van der Waals surface area contributed by atoms with Gasteiger partial charge < -0.3 is 5.32 Å². The van der Waals surface area contributed by atoms with Gasteiger partial charge in [0.15, 0.2) is 0 Å². The number of aromatic nitrogens is 3. The molecule has 1 N–H and O–H groups in total. The molecule has 0 radical (unpaired) electrons. The SMILES string of the molecule is Cc1nnn2c1-c1ccccc1NCC2. The molecule has 0 unspecified atom stereocenters. The Morgan fingerprint density at radius 2 is 2.20 bits per heavy atom. The van der Waals surface area contributed by atoms with Crippen LogP contribution in [0.4, 0.5) is 5.69 Å². The Balaban J connectivity index is 2.30. The number of nitrogens with one attached hydrogen (secondary N) is 1. The van der Waals surface area contributed by atoms with Crippen LogP contribution in [0.3, 0.4) is 0 Å². The van der Waals surface area contributed by atoms with E-state index in [0.717, 1.165) is 24.5 Å². The summed E-state index contributed by atoms with van der Waals surface area (Å²) < 4.78 is 1.97. The van der Waals surface area contributed by atoms with Crippen molar-refractivity contribution in [3.8, 4) is 11.3 Å². The van der Waals surface area contributed by atoms with Crippen LogP contribution in [0.15, 0.2) is 24.3 Å². The van der Waals surface area contributed by atoms with Crippen LogP contribution in [0.2, 0.25) is 0 Å². The van der Waals surface area contributed by atoms with E-state index >= 15 is 0 Å². The van der Waals surface area contributed by atoms with Crippen molar-refractivity contribution < 1.29 is 0 Å². The lowest BCUT2D eigenvalue weighted by molar-refractivity contribution is 0.619. The third-order valence-corrected chi connectivity index (χ3v) is 2.72. The van der Waals surface area contributed by atoms with Crippen molar-refractivity contribution in [2.24, 2.45) is 0 Å². The number of aryl methyl sites for hydroxylation is 1. The Labute approximate surface area is 87.9 Å². The molecular formula is C11H12N4. The standard InChI is InChI=1S/C11H12N4/c1-8-11-9-4-2-3-5-10(9)12-6-7-15(11)14-13-8/h2-5,12H,6-7H2,1H3. The van der Waals surface area contributed by atoms with E-state index in [0.29, 0.717) is 0 Å². The third kappa shape index (κ3) is 1.21. The average molecular weight is 200 g/mol. The summed E-state index contributed by atoms with van der Waals surface area (Å²) in [5.74, 6) is 0. The van der Waals surface area contributed by atoms with Crippen molar-refractivity contribution in [3.63, 3.8) is 0 Å². The highest BCUT2D eigenvalue weighted by Gasteiger charge is 2.17. The fourth-order valence-electron chi connectivity index (χ4n) is 2.03. The van der Waals surface area contributed by atoms with Gasteiger partial charge in [0.05, 0.1) is 17.9 Å². The molecule has 2 heterocycles. The summed E-state index contributed by atoms with van der Waals surface area (Å²) >= 11 is 0. The molecule has 1 aliphatic rings. The lowest BCUT2D eigenvalue weighted by Gasteiger charge is -2.06. The molecule has 0 saturated heterocycles. The Kier molecular flexibility index (Phi) is 1.74. The molecule has 1 aromatic carbocycles. The van der Waals surface area contributed by atoms with Gasteiger partial charge in [-0.1, -0.05) is 23.4 Å². The highest BCUT2D eigenvalue weighted by molar-refractivity contribution is 5.77. The Morgan fingerprint density at radius 3 is 3.13 bits per heavy atom. The first-order chi connectivity index (χ1) is 7.36. The zero-order valence-electron chi connectivity index (χ0n) is 8.57. The molecule has 1 aromatic heterocycles. The monoisotopic (exact) mass is 200 g/mol. The van der Waals surface area contributed by atoms with Crippen molar-refractivity contribution in [2.45, 2.75) is 13.5 Å². The first-order valence-corrected chi connectivity index (χ1v) is 5.09. The first-order valence-electron chi connectivity index (χ1n) is 5.09. The molecule has 2 aromatic rings. The highest BCUT2D eigenvalue weighted by Crippen LogP contribution is 2.30. The maximum Gasteiger partial charge on any atom is 0.0936 e. The zero-order valence-corrected chi connectivity index (χ0v) is 8.57. The number of anilines is 1. The fourth-order valence-corrected chi connectivity index (χ4v) is 2.03. The molecule has 76 valence electrons. The number of para-hydroxylation sites is 1. The lowest BCUT2D eigenvalue weighted by Crippen LogP contribution is -2.08. The van der Waals surface area contributed by atoms with Crippen LogP contribution in [-0.4, -0.2) is 21.5 Å². The Bertz CT molecular complexity index is 501. The van der Waals surface area contributed by atoms with Gasteiger partial charge in [-0.2, -0.15) is 0 Å². The van der Waals surface area contributed by atoms with Crippen LogP contribution in [0, 0.1) is 6.92 Å². The molecule has 0 saturated carbocycles.